The topological polar surface area (TPSA) is 123 Å². The van der Waals surface area contributed by atoms with Crippen LogP contribution >= 0.6 is 0 Å². The molecule has 312 valence electrons. The number of benzene rings is 4. The minimum atomic E-state index is -0.132. The Balaban J connectivity index is 0.000000154. The van der Waals surface area contributed by atoms with E-state index in [2.05, 4.69) is 67.5 Å². The van der Waals surface area contributed by atoms with E-state index in [1.165, 1.54) is 11.1 Å². The monoisotopic (exact) mass is 806 g/mol. The maximum absolute atomic E-state index is 13.7. The molecule has 10 heteroatoms. The number of amides is 4. The predicted molar refractivity (Wildman–Crippen MR) is 234 cm³/mol. The maximum atomic E-state index is 13.7. The van der Waals surface area contributed by atoms with E-state index in [0.717, 1.165) is 102 Å². The SMILES string of the molecule is O=C(N[C@@H]1CCCC[C@@H]1C(=O)N1CC[C@@H]2CNc3ccccc3[C@@H]21)c1ccccc1.O=C(N[C@@H]1CCCC[C@@H]1C(=O)N1CC[C@H]2CNc3ccccc3[C@H]21)c1ccccc1. The number of nitrogens with zero attached hydrogens (tertiary/aromatic N) is 2. The van der Waals surface area contributed by atoms with Crippen LogP contribution < -0.4 is 21.3 Å². The Kier molecular flexibility index (Phi) is 11.9. The Bertz CT molecular complexity index is 2010. The Morgan fingerprint density at radius 1 is 0.467 bits per heavy atom. The van der Waals surface area contributed by atoms with Crippen LogP contribution in [0.1, 0.15) is 108 Å². The van der Waals surface area contributed by atoms with Gasteiger partial charge in [-0.2, -0.15) is 0 Å². The van der Waals surface area contributed by atoms with E-state index in [-0.39, 0.29) is 59.6 Å². The molecule has 10 rings (SSSR count). The fraction of sp³-hybridized carbons (Fsp3) is 0.440. The molecule has 4 amide bonds. The fourth-order valence-electron chi connectivity index (χ4n) is 11.1. The second-order valence-corrected chi connectivity index (χ2v) is 17.7. The highest BCUT2D eigenvalue weighted by molar-refractivity contribution is 5.95. The van der Waals surface area contributed by atoms with Crippen molar-refractivity contribution in [3.63, 3.8) is 0 Å². The molecule has 4 fully saturated rings. The molecule has 0 bridgehead atoms. The molecule has 6 aliphatic rings. The van der Waals surface area contributed by atoms with Gasteiger partial charge in [-0.05, 0) is 86.1 Å². The van der Waals surface area contributed by atoms with Crippen LogP contribution in [0.2, 0.25) is 0 Å². The Labute approximate surface area is 353 Å². The van der Waals surface area contributed by atoms with E-state index in [0.29, 0.717) is 23.0 Å². The Morgan fingerprint density at radius 2 is 0.850 bits per heavy atom. The van der Waals surface area contributed by atoms with Crippen molar-refractivity contribution in [2.45, 2.75) is 88.4 Å². The van der Waals surface area contributed by atoms with Gasteiger partial charge in [0, 0.05) is 72.6 Å². The van der Waals surface area contributed by atoms with Gasteiger partial charge < -0.3 is 31.1 Å². The van der Waals surface area contributed by atoms with Crippen molar-refractivity contribution in [2.24, 2.45) is 23.7 Å². The lowest BCUT2D eigenvalue weighted by molar-refractivity contribution is -0.139. The second-order valence-electron chi connectivity index (χ2n) is 17.7. The van der Waals surface area contributed by atoms with Crippen molar-refractivity contribution in [2.75, 3.05) is 36.8 Å². The number of rotatable bonds is 6. The van der Waals surface area contributed by atoms with E-state index < -0.39 is 0 Å². The Hall–Kier alpha value is -5.64. The number of hydrogen-bond donors (Lipinski definition) is 4. The molecule has 2 saturated carbocycles. The Morgan fingerprint density at radius 3 is 1.28 bits per heavy atom. The molecule has 2 saturated heterocycles. The molecule has 4 N–H and O–H groups in total. The fourth-order valence-corrected chi connectivity index (χ4v) is 11.1. The van der Waals surface area contributed by atoms with Gasteiger partial charge in [0.25, 0.3) is 11.8 Å². The third-order valence-electron chi connectivity index (χ3n) is 14.2. The molecule has 4 aromatic carbocycles. The summed E-state index contributed by atoms with van der Waals surface area (Å²) in [6.07, 6.45) is 9.73. The first-order chi connectivity index (χ1) is 29.4. The number of anilines is 2. The predicted octanol–water partition coefficient (Wildman–Crippen LogP) is 7.98. The summed E-state index contributed by atoms with van der Waals surface area (Å²) in [4.78, 5) is 57.2. The standard InChI is InChI=1S/2C25H29N3O2/c2*29-24(17-8-2-1-3-9-17)27-22-13-7-5-11-20(22)25(30)28-15-14-18-16-26-21-12-6-4-10-19(21)23(18)28/h2*1-4,6,8-10,12,18,20,22-23,26H,5,7,11,13-16H2,(H,27,29)/t18-,20+,22-,23-;18-,20-,22+,23-/m10/s1. The van der Waals surface area contributed by atoms with Gasteiger partial charge in [0.05, 0.1) is 23.9 Å². The smallest absolute Gasteiger partial charge is 0.251 e. The number of nitrogens with one attached hydrogen (secondary N) is 4. The third kappa shape index (κ3) is 8.13. The van der Waals surface area contributed by atoms with E-state index in [9.17, 15) is 19.2 Å². The van der Waals surface area contributed by atoms with Gasteiger partial charge in [-0.1, -0.05) is 98.5 Å². The second kappa shape index (κ2) is 17.9. The quantitative estimate of drug-likeness (QED) is 0.157. The van der Waals surface area contributed by atoms with Crippen molar-refractivity contribution < 1.29 is 19.2 Å². The van der Waals surface area contributed by atoms with Crippen LogP contribution in [-0.2, 0) is 9.59 Å². The molecule has 0 spiro atoms. The number of fused-ring (bicyclic) bond motifs is 6. The molecular weight excluding hydrogens is 749 g/mol. The lowest BCUT2D eigenvalue weighted by Crippen LogP contribution is -2.50. The summed E-state index contributed by atoms with van der Waals surface area (Å²) in [7, 11) is 0. The van der Waals surface area contributed by atoms with Crippen LogP contribution in [0.25, 0.3) is 0 Å². The largest absolute Gasteiger partial charge is 0.384 e. The number of para-hydroxylation sites is 2. The highest BCUT2D eigenvalue weighted by Gasteiger charge is 2.46. The molecule has 0 radical (unpaired) electrons. The molecule has 10 nitrogen and oxygen atoms in total. The highest BCUT2D eigenvalue weighted by Crippen LogP contribution is 2.46. The first-order valence-corrected chi connectivity index (χ1v) is 22.4. The van der Waals surface area contributed by atoms with Gasteiger partial charge in [0.1, 0.15) is 0 Å². The van der Waals surface area contributed by atoms with Gasteiger partial charge in [-0.25, -0.2) is 0 Å². The van der Waals surface area contributed by atoms with Gasteiger partial charge in [0.2, 0.25) is 11.8 Å². The van der Waals surface area contributed by atoms with Gasteiger partial charge in [-0.15, -0.1) is 0 Å². The van der Waals surface area contributed by atoms with Gasteiger partial charge in [0.15, 0.2) is 0 Å². The van der Waals surface area contributed by atoms with E-state index in [1.807, 2.05) is 72.8 Å². The zero-order valence-electron chi connectivity index (χ0n) is 34.4. The summed E-state index contributed by atoms with van der Waals surface area (Å²) < 4.78 is 0. The lowest BCUT2D eigenvalue weighted by atomic mass is 9.82. The number of hydrogen-bond acceptors (Lipinski definition) is 6. The summed E-state index contributed by atoms with van der Waals surface area (Å²) >= 11 is 0. The summed E-state index contributed by atoms with van der Waals surface area (Å²) in [6.45, 7) is 3.45. The molecule has 60 heavy (non-hydrogen) atoms. The minimum absolute atomic E-state index is 0.0770. The minimum Gasteiger partial charge on any atom is -0.384 e. The summed E-state index contributed by atoms with van der Waals surface area (Å²) in [5.74, 6) is 0.946. The molecule has 4 aromatic rings. The van der Waals surface area contributed by atoms with Crippen LogP contribution in [-0.4, -0.2) is 71.7 Å². The first-order valence-electron chi connectivity index (χ1n) is 22.4. The van der Waals surface area contributed by atoms with E-state index in [1.54, 1.807) is 0 Å². The molecule has 0 aromatic heterocycles. The first kappa shape index (κ1) is 39.8. The van der Waals surface area contributed by atoms with Crippen molar-refractivity contribution in [1.82, 2.24) is 20.4 Å². The summed E-state index contributed by atoms with van der Waals surface area (Å²) in [5.41, 5.74) is 6.08. The van der Waals surface area contributed by atoms with Gasteiger partial charge in [-0.3, -0.25) is 19.2 Å². The van der Waals surface area contributed by atoms with Crippen molar-refractivity contribution in [3.05, 3.63) is 131 Å². The lowest BCUT2D eigenvalue weighted by Gasteiger charge is -2.39. The molecule has 2 aliphatic carbocycles. The zero-order chi connectivity index (χ0) is 41.0. The average Bonchev–Trinajstić information content (AvgIpc) is 3.96. The average molecular weight is 807 g/mol. The highest BCUT2D eigenvalue weighted by atomic mass is 16.2. The van der Waals surface area contributed by atoms with Crippen molar-refractivity contribution in [1.29, 1.82) is 0 Å². The van der Waals surface area contributed by atoms with E-state index in [4.69, 9.17) is 0 Å². The molecular formula is C50H58N6O4. The van der Waals surface area contributed by atoms with Crippen LogP contribution in [0.3, 0.4) is 0 Å². The van der Waals surface area contributed by atoms with Crippen LogP contribution in [0.15, 0.2) is 109 Å². The maximum Gasteiger partial charge on any atom is 0.251 e. The van der Waals surface area contributed by atoms with Crippen LogP contribution in [0.4, 0.5) is 11.4 Å². The molecule has 8 atom stereocenters. The third-order valence-corrected chi connectivity index (χ3v) is 14.2. The molecule has 0 unspecified atom stereocenters. The number of carbonyl (C=O) groups is 4. The van der Waals surface area contributed by atoms with E-state index >= 15 is 0 Å². The van der Waals surface area contributed by atoms with Crippen LogP contribution in [0.5, 0.6) is 0 Å². The number of likely N-dealkylation sites (tertiary alicyclic amines) is 2. The summed E-state index contributed by atoms with van der Waals surface area (Å²) in [6, 6.07) is 35.5. The van der Waals surface area contributed by atoms with Crippen LogP contribution in [0, 0.1) is 23.7 Å². The molecule has 4 aliphatic heterocycles. The summed E-state index contributed by atoms with van der Waals surface area (Å²) in [5, 5.41) is 13.4. The van der Waals surface area contributed by atoms with Crippen molar-refractivity contribution in [3.8, 4) is 0 Å². The molecule has 4 heterocycles. The van der Waals surface area contributed by atoms with Gasteiger partial charge >= 0.3 is 0 Å². The normalized spacial score (nSPS) is 27.5. The number of carbonyl (C=O) groups excluding carboxylic acids is 4. The van der Waals surface area contributed by atoms with Crippen molar-refractivity contribution >= 4 is 35.0 Å². The zero-order valence-corrected chi connectivity index (χ0v) is 34.4.